The van der Waals surface area contributed by atoms with E-state index in [1.54, 1.807) is 12.1 Å². The van der Waals surface area contributed by atoms with Crippen molar-refractivity contribution < 1.29 is 17.9 Å². The van der Waals surface area contributed by atoms with Crippen molar-refractivity contribution in [2.75, 3.05) is 18.4 Å². The maximum Gasteiger partial charge on any atom is 0.410 e. The van der Waals surface area contributed by atoms with Gasteiger partial charge in [0.15, 0.2) is 5.03 Å². The van der Waals surface area contributed by atoms with E-state index >= 15 is 0 Å². The summed E-state index contributed by atoms with van der Waals surface area (Å²) in [5.74, 6) is 0.877. The number of aromatic nitrogens is 1. The van der Waals surface area contributed by atoms with Gasteiger partial charge in [-0.1, -0.05) is 6.07 Å². The van der Waals surface area contributed by atoms with Gasteiger partial charge in [0.1, 0.15) is 11.4 Å². The molecule has 1 atom stereocenters. The smallest absolute Gasteiger partial charge is 0.410 e. The molecule has 0 aliphatic carbocycles. The van der Waals surface area contributed by atoms with E-state index in [0.717, 1.165) is 19.3 Å². The summed E-state index contributed by atoms with van der Waals surface area (Å²) >= 11 is 0. The minimum absolute atomic E-state index is 0.150. The molecule has 28 heavy (non-hydrogen) atoms. The molecule has 158 valence electrons. The van der Waals surface area contributed by atoms with Crippen molar-refractivity contribution in [1.82, 2.24) is 9.88 Å². The van der Waals surface area contributed by atoms with Gasteiger partial charge in [-0.05, 0) is 71.9 Å². The number of amides is 1. The van der Waals surface area contributed by atoms with Crippen molar-refractivity contribution in [2.24, 2.45) is 11.1 Å². The van der Waals surface area contributed by atoms with Gasteiger partial charge in [0.2, 0.25) is 0 Å². The summed E-state index contributed by atoms with van der Waals surface area (Å²) in [4.78, 5) is 18.3. The molecule has 1 amide bonds. The number of rotatable bonds is 6. The number of nitrogens with zero attached hydrogens (tertiary/aromatic N) is 2. The summed E-state index contributed by atoms with van der Waals surface area (Å²) in [5.41, 5.74) is -0.737. The molecule has 8 nitrogen and oxygen atoms in total. The first-order chi connectivity index (χ1) is 12.8. The van der Waals surface area contributed by atoms with Crippen LogP contribution < -0.4 is 10.5 Å². The number of carbonyl (C=O) groups excluding carboxylic acids is 1. The molecule has 1 fully saturated rings. The van der Waals surface area contributed by atoms with Gasteiger partial charge >= 0.3 is 6.09 Å². The monoisotopic (exact) mass is 412 g/mol. The molecule has 0 aromatic carbocycles. The molecule has 1 aliphatic heterocycles. The van der Waals surface area contributed by atoms with Crippen LogP contribution in [0.3, 0.4) is 0 Å². The molecule has 3 N–H and O–H groups in total. The summed E-state index contributed by atoms with van der Waals surface area (Å²) in [6, 6.07) is 4.68. The molecule has 1 unspecified atom stereocenters. The Labute approximate surface area is 167 Å². The van der Waals surface area contributed by atoms with E-state index in [1.165, 1.54) is 6.07 Å². The fraction of sp³-hybridized carbons (Fsp3) is 0.684. The standard InChI is InChI=1S/C19H32N4O4S/c1-18(2,3)27-17(24)23-13-14(12-19(23,4)5)8-7-11-21-15-9-6-10-16(22-15)28(20,25)26/h6,9-10,14H,7-8,11-13H2,1-5H3,(H,21,22)(H2,20,25,26). The summed E-state index contributed by atoms with van der Waals surface area (Å²) in [6.07, 6.45) is 2.49. The first-order valence-electron chi connectivity index (χ1n) is 9.52. The normalized spacial score (nSPS) is 19.5. The first-order valence-corrected chi connectivity index (χ1v) is 11.1. The molecule has 9 heteroatoms. The topological polar surface area (TPSA) is 115 Å². The van der Waals surface area contributed by atoms with Gasteiger partial charge in [-0.3, -0.25) is 0 Å². The third-order valence-corrected chi connectivity index (χ3v) is 5.49. The van der Waals surface area contributed by atoms with Crippen molar-refractivity contribution >= 4 is 21.9 Å². The second-order valence-corrected chi connectivity index (χ2v) is 10.5. The van der Waals surface area contributed by atoms with Gasteiger partial charge in [0.25, 0.3) is 10.0 Å². The van der Waals surface area contributed by atoms with Crippen LogP contribution in [-0.2, 0) is 14.8 Å². The third-order valence-electron chi connectivity index (χ3n) is 4.68. The summed E-state index contributed by atoms with van der Waals surface area (Å²) in [7, 11) is -3.81. The van der Waals surface area contributed by atoms with Crippen LogP contribution in [0.25, 0.3) is 0 Å². The van der Waals surface area contributed by atoms with E-state index in [4.69, 9.17) is 9.88 Å². The molecule has 1 aliphatic rings. The average Bonchev–Trinajstić information content (AvgIpc) is 2.84. The molecule has 0 spiro atoms. The average molecular weight is 413 g/mol. The first kappa shape index (κ1) is 22.4. The Morgan fingerprint density at radius 3 is 2.68 bits per heavy atom. The summed E-state index contributed by atoms with van der Waals surface area (Å²) in [5, 5.41) is 8.08. The van der Waals surface area contributed by atoms with Crippen LogP contribution >= 0.6 is 0 Å². The number of hydrogen-bond acceptors (Lipinski definition) is 6. The SMILES string of the molecule is CC(C)(C)OC(=O)N1CC(CCCNc2cccc(S(N)(=O)=O)n2)CC1(C)C. The van der Waals surface area contributed by atoms with Crippen molar-refractivity contribution in [1.29, 1.82) is 0 Å². The minimum Gasteiger partial charge on any atom is -0.444 e. The minimum atomic E-state index is -3.81. The quantitative estimate of drug-likeness (QED) is 0.694. The van der Waals surface area contributed by atoms with E-state index in [1.807, 2.05) is 25.7 Å². The zero-order valence-corrected chi connectivity index (χ0v) is 18.2. The van der Waals surface area contributed by atoms with E-state index in [2.05, 4.69) is 24.1 Å². The van der Waals surface area contributed by atoms with Gasteiger partial charge in [0.05, 0.1) is 0 Å². The van der Waals surface area contributed by atoms with E-state index in [9.17, 15) is 13.2 Å². The Kier molecular flexibility index (Phi) is 6.60. The van der Waals surface area contributed by atoms with Crippen molar-refractivity contribution in [3.63, 3.8) is 0 Å². The van der Waals surface area contributed by atoms with Crippen LogP contribution in [0.4, 0.5) is 10.6 Å². The third kappa shape index (κ3) is 6.34. The molecular weight excluding hydrogens is 380 g/mol. The van der Waals surface area contributed by atoms with Gasteiger partial charge < -0.3 is 15.0 Å². The number of primary sulfonamides is 1. The number of sulfonamides is 1. The van der Waals surface area contributed by atoms with Crippen LogP contribution in [0.1, 0.15) is 53.9 Å². The number of anilines is 1. The summed E-state index contributed by atoms with van der Waals surface area (Å²) < 4.78 is 28.3. The van der Waals surface area contributed by atoms with Gasteiger partial charge in [0, 0.05) is 18.6 Å². The maximum absolute atomic E-state index is 12.5. The zero-order valence-electron chi connectivity index (χ0n) is 17.4. The highest BCUT2D eigenvalue weighted by molar-refractivity contribution is 7.89. The van der Waals surface area contributed by atoms with Crippen molar-refractivity contribution in [3.05, 3.63) is 18.2 Å². The lowest BCUT2D eigenvalue weighted by Crippen LogP contribution is -2.45. The van der Waals surface area contributed by atoms with Crippen molar-refractivity contribution in [2.45, 2.75) is 70.0 Å². The van der Waals surface area contributed by atoms with Gasteiger partial charge in [-0.2, -0.15) is 0 Å². The van der Waals surface area contributed by atoms with Crippen LogP contribution in [0.2, 0.25) is 0 Å². The number of nitrogens with one attached hydrogen (secondary N) is 1. The fourth-order valence-electron chi connectivity index (χ4n) is 3.50. The number of carbonyl (C=O) groups is 1. The molecule has 1 saturated heterocycles. The molecule has 2 heterocycles. The number of pyridine rings is 1. The number of hydrogen-bond donors (Lipinski definition) is 2. The number of nitrogens with two attached hydrogens (primary N) is 1. The predicted molar refractivity (Wildman–Crippen MR) is 108 cm³/mol. The lowest BCUT2D eigenvalue weighted by atomic mass is 9.93. The van der Waals surface area contributed by atoms with Crippen LogP contribution in [0.5, 0.6) is 0 Å². The summed E-state index contributed by atoms with van der Waals surface area (Å²) in [6.45, 7) is 11.1. The number of ether oxygens (including phenoxy) is 1. The molecular formula is C19H32N4O4S. The molecule has 0 radical (unpaired) electrons. The van der Waals surface area contributed by atoms with Gasteiger partial charge in [-0.15, -0.1) is 0 Å². The Balaban J connectivity index is 1.83. The molecule has 0 saturated carbocycles. The lowest BCUT2D eigenvalue weighted by Gasteiger charge is -2.33. The Morgan fingerprint density at radius 1 is 1.39 bits per heavy atom. The molecule has 0 bridgehead atoms. The highest BCUT2D eigenvalue weighted by atomic mass is 32.2. The van der Waals surface area contributed by atoms with Crippen LogP contribution in [0, 0.1) is 5.92 Å². The Morgan fingerprint density at radius 2 is 2.07 bits per heavy atom. The number of likely N-dealkylation sites (tertiary alicyclic amines) is 1. The van der Waals surface area contributed by atoms with Crippen LogP contribution in [-0.4, -0.2) is 48.6 Å². The van der Waals surface area contributed by atoms with Crippen LogP contribution in [0.15, 0.2) is 23.2 Å². The largest absolute Gasteiger partial charge is 0.444 e. The second kappa shape index (κ2) is 8.24. The lowest BCUT2D eigenvalue weighted by molar-refractivity contribution is 0.0131. The van der Waals surface area contributed by atoms with E-state index in [-0.39, 0.29) is 16.7 Å². The maximum atomic E-state index is 12.5. The van der Waals surface area contributed by atoms with Gasteiger partial charge in [-0.25, -0.2) is 23.3 Å². The highest BCUT2D eigenvalue weighted by Crippen LogP contribution is 2.36. The zero-order chi connectivity index (χ0) is 21.2. The highest BCUT2D eigenvalue weighted by Gasteiger charge is 2.42. The second-order valence-electron chi connectivity index (χ2n) is 8.95. The molecule has 2 rings (SSSR count). The fourth-order valence-corrected chi connectivity index (χ4v) is 3.99. The molecule has 1 aromatic rings. The van der Waals surface area contributed by atoms with Crippen molar-refractivity contribution in [3.8, 4) is 0 Å². The van der Waals surface area contributed by atoms with E-state index < -0.39 is 15.6 Å². The van der Waals surface area contributed by atoms with E-state index in [0.29, 0.717) is 24.8 Å². The Hall–Kier alpha value is -1.87. The Bertz CT molecular complexity index is 802. The predicted octanol–water partition coefficient (Wildman–Crippen LogP) is 2.96. The molecule has 1 aromatic heterocycles.